The number of fused-ring (bicyclic) bond motifs is 10. The van der Waals surface area contributed by atoms with Gasteiger partial charge >= 0.3 is 0 Å². The molecule has 3 unspecified atom stereocenters. The maximum atomic E-state index is 2.93. The highest BCUT2D eigenvalue weighted by Gasteiger charge is 2.38. The highest BCUT2D eigenvalue weighted by Crippen LogP contribution is 2.40. The molecule has 5 heterocycles. The Bertz CT molecular complexity index is 529. The Morgan fingerprint density at radius 1 is 0.469 bits per heavy atom. The average Bonchev–Trinajstić information content (AvgIpc) is 2.80. The summed E-state index contributed by atoms with van der Waals surface area (Å²) in [6.07, 6.45) is 31.2. The quantitative estimate of drug-likeness (QED) is 0.355. The first kappa shape index (κ1) is 24.8. The molecule has 5 aliphatic heterocycles. The molecule has 0 N–H and O–H groups in total. The molecule has 0 amide bonds. The monoisotopic (exact) mass is 442 g/mol. The molecule has 0 saturated carbocycles. The Morgan fingerprint density at radius 2 is 1.12 bits per heavy atom. The van der Waals surface area contributed by atoms with Crippen LogP contribution in [0.2, 0.25) is 0 Å². The minimum absolute atomic E-state index is 0.948. The van der Waals surface area contributed by atoms with Gasteiger partial charge in [0.2, 0.25) is 0 Å². The molecular formula is C30H54N2. The van der Waals surface area contributed by atoms with Gasteiger partial charge in [-0.05, 0) is 101 Å². The van der Waals surface area contributed by atoms with Crippen LogP contribution < -0.4 is 0 Å². The predicted molar refractivity (Wildman–Crippen MR) is 139 cm³/mol. The van der Waals surface area contributed by atoms with E-state index in [4.69, 9.17) is 0 Å². The minimum atomic E-state index is 0.948. The van der Waals surface area contributed by atoms with Crippen LogP contribution >= 0.6 is 0 Å². The van der Waals surface area contributed by atoms with Gasteiger partial charge in [0.1, 0.15) is 0 Å². The minimum Gasteiger partial charge on any atom is -0.303 e. The number of hydrogen-bond acceptors (Lipinski definition) is 2. The summed E-state index contributed by atoms with van der Waals surface area (Å²) in [5.74, 6) is 3.91. The topological polar surface area (TPSA) is 6.48 Å². The lowest BCUT2D eigenvalue weighted by atomic mass is 9.69. The molecule has 5 aliphatic rings. The van der Waals surface area contributed by atoms with Gasteiger partial charge in [0.25, 0.3) is 0 Å². The van der Waals surface area contributed by atoms with Crippen LogP contribution in [0.25, 0.3) is 0 Å². The first-order valence-corrected chi connectivity index (χ1v) is 15.0. The third-order valence-electron chi connectivity index (χ3n) is 9.43. The standard InChI is InChI=1S/C30H54N2/c1-3-7-11-15-20-31-22-19-30-28(25-31)18-14-10-6-2-4-8-12-16-21-32-24-27(17-13-9-5-1)23-29(30)26-32/h5,9,27-30H,1-4,6-8,10-26H2/b9-5-/t27-,28-,29?,30-/m0/s1. The van der Waals surface area contributed by atoms with Crippen molar-refractivity contribution >= 4 is 0 Å². The van der Waals surface area contributed by atoms with E-state index in [2.05, 4.69) is 22.0 Å². The zero-order valence-electron chi connectivity index (χ0n) is 21.3. The number of nitrogens with zero attached hydrogens (tertiary/aromatic N) is 2. The predicted octanol–water partition coefficient (Wildman–Crippen LogP) is 7.69. The summed E-state index contributed by atoms with van der Waals surface area (Å²) in [6, 6.07) is 0. The Kier molecular flexibility index (Phi) is 11.0. The van der Waals surface area contributed by atoms with E-state index in [0.29, 0.717) is 0 Å². The van der Waals surface area contributed by atoms with Crippen molar-refractivity contribution in [3.63, 3.8) is 0 Å². The van der Waals surface area contributed by atoms with Gasteiger partial charge < -0.3 is 9.80 Å². The molecule has 0 radical (unpaired) electrons. The van der Waals surface area contributed by atoms with Crippen LogP contribution in [0.15, 0.2) is 12.2 Å². The van der Waals surface area contributed by atoms with Gasteiger partial charge in [-0.3, -0.25) is 0 Å². The van der Waals surface area contributed by atoms with Crippen molar-refractivity contribution < 1.29 is 0 Å². The van der Waals surface area contributed by atoms with Gasteiger partial charge in [-0.2, -0.15) is 0 Å². The van der Waals surface area contributed by atoms with Crippen LogP contribution in [-0.4, -0.2) is 49.1 Å². The first-order chi connectivity index (χ1) is 15.9. The largest absolute Gasteiger partial charge is 0.303 e. The normalized spacial score (nSPS) is 40.2. The van der Waals surface area contributed by atoms with E-state index in [1.165, 1.54) is 155 Å². The van der Waals surface area contributed by atoms with Crippen molar-refractivity contribution in [3.8, 4) is 0 Å². The second-order valence-electron chi connectivity index (χ2n) is 12.0. The molecule has 32 heavy (non-hydrogen) atoms. The van der Waals surface area contributed by atoms with Gasteiger partial charge in [-0.1, -0.05) is 69.9 Å². The summed E-state index contributed by atoms with van der Waals surface area (Å²) in [6.45, 7) is 8.39. The van der Waals surface area contributed by atoms with E-state index in [-0.39, 0.29) is 0 Å². The van der Waals surface area contributed by atoms with E-state index in [9.17, 15) is 0 Å². The van der Waals surface area contributed by atoms with Crippen molar-refractivity contribution in [3.05, 3.63) is 12.2 Å². The van der Waals surface area contributed by atoms with Gasteiger partial charge in [-0.15, -0.1) is 0 Å². The summed E-state index contributed by atoms with van der Waals surface area (Å²) in [7, 11) is 0. The lowest BCUT2D eigenvalue weighted by molar-refractivity contribution is 0.0191. The van der Waals surface area contributed by atoms with Crippen molar-refractivity contribution in [2.45, 2.75) is 116 Å². The van der Waals surface area contributed by atoms with Crippen LogP contribution in [0.5, 0.6) is 0 Å². The number of allylic oxidation sites excluding steroid dienone is 2. The summed E-state index contributed by atoms with van der Waals surface area (Å²) in [5, 5.41) is 0. The highest BCUT2D eigenvalue weighted by atomic mass is 15.1. The second-order valence-corrected chi connectivity index (χ2v) is 12.0. The lowest BCUT2D eigenvalue weighted by Gasteiger charge is -2.47. The Balaban J connectivity index is 1.48. The molecule has 0 aromatic rings. The Hall–Kier alpha value is -0.340. The molecule has 2 nitrogen and oxygen atoms in total. The molecule has 0 aromatic carbocycles. The van der Waals surface area contributed by atoms with Gasteiger partial charge in [-0.25, -0.2) is 0 Å². The summed E-state index contributed by atoms with van der Waals surface area (Å²) in [5.41, 5.74) is 0. The number of piperidine rings is 2. The van der Waals surface area contributed by atoms with E-state index >= 15 is 0 Å². The summed E-state index contributed by atoms with van der Waals surface area (Å²) < 4.78 is 0. The second kappa shape index (κ2) is 14.1. The van der Waals surface area contributed by atoms with Crippen LogP contribution in [0.4, 0.5) is 0 Å². The zero-order valence-corrected chi connectivity index (χ0v) is 21.3. The lowest BCUT2D eigenvalue weighted by Crippen LogP contribution is -2.49. The van der Waals surface area contributed by atoms with Crippen LogP contribution in [0.3, 0.4) is 0 Å². The maximum absolute atomic E-state index is 2.93. The van der Waals surface area contributed by atoms with E-state index in [1.807, 2.05) is 0 Å². The molecule has 6 atom stereocenters. The summed E-state index contributed by atoms with van der Waals surface area (Å²) >= 11 is 0. The van der Waals surface area contributed by atoms with Crippen molar-refractivity contribution in [1.29, 1.82) is 0 Å². The van der Waals surface area contributed by atoms with Crippen LogP contribution in [0, 0.1) is 23.7 Å². The first-order valence-electron chi connectivity index (χ1n) is 15.0. The fourth-order valence-electron chi connectivity index (χ4n) is 7.63. The van der Waals surface area contributed by atoms with Crippen molar-refractivity contribution in [2.24, 2.45) is 23.7 Å². The zero-order chi connectivity index (χ0) is 21.8. The van der Waals surface area contributed by atoms with Gasteiger partial charge in [0.15, 0.2) is 0 Å². The maximum Gasteiger partial charge on any atom is 0.00127 e. The van der Waals surface area contributed by atoms with E-state index < -0.39 is 0 Å². The fourth-order valence-corrected chi connectivity index (χ4v) is 7.63. The third kappa shape index (κ3) is 8.15. The molecule has 184 valence electrons. The molecular weight excluding hydrogens is 388 g/mol. The molecule has 3 saturated heterocycles. The van der Waals surface area contributed by atoms with Crippen molar-refractivity contribution in [1.82, 2.24) is 9.80 Å². The average molecular weight is 443 g/mol. The molecule has 0 aliphatic carbocycles. The molecule has 3 fully saturated rings. The Labute approximate surface area is 200 Å². The SMILES string of the molecule is C1=C\CC[C@H]2CC3CN(CCCCCCCCCC[C@H]4CN(CCCCCC/1)CC[C@H]34)C2. The van der Waals surface area contributed by atoms with Crippen LogP contribution in [0.1, 0.15) is 116 Å². The van der Waals surface area contributed by atoms with E-state index in [0.717, 1.165) is 23.7 Å². The molecule has 6 bridgehead atoms. The number of rotatable bonds is 0. The number of hydrogen-bond donors (Lipinski definition) is 0. The van der Waals surface area contributed by atoms with E-state index in [1.54, 1.807) is 0 Å². The molecule has 0 aromatic heterocycles. The van der Waals surface area contributed by atoms with Gasteiger partial charge in [0, 0.05) is 19.6 Å². The van der Waals surface area contributed by atoms with Crippen molar-refractivity contribution in [2.75, 3.05) is 39.3 Å². The smallest absolute Gasteiger partial charge is 0.00127 e. The fraction of sp³-hybridized carbons (Fsp3) is 0.933. The van der Waals surface area contributed by atoms with Crippen LogP contribution in [-0.2, 0) is 0 Å². The molecule has 5 rings (SSSR count). The molecule has 2 heteroatoms. The highest BCUT2D eigenvalue weighted by molar-refractivity contribution is 4.91. The Morgan fingerprint density at radius 3 is 1.97 bits per heavy atom. The molecule has 0 spiro atoms. The third-order valence-corrected chi connectivity index (χ3v) is 9.43. The van der Waals surface area contributed by atoms with Gasteiger partial charge in [0.05, 0.1) is 0 Å². The summed E-state index contributed by atoms with van der Waals surface area (Å²) in [4.78, 5) is 5.81.